The smallest absolute Gasteiger partial charge is 0.163 e. The first-order valence-electron chi connectivity index (χ1n) is 6.66. The molecule has 0 unspecified atom stereocenters. The van der Waals surface area contributed by atoms with E-state index in [9.17, 15) is 0 Å². The highest BCUT2D eigenvalue weighted by atomic mass is 16.5. The number of aromatic nitrogens is 3. The maximum Gasteiger partial charge on any atom is 0.163 e. The largest absolute Gasteiger partial charge is 0.490 e. The van der Waals surface area contributed by atoms with Crippen LogP contribution >= 0.6 is 0 Å². The van der Waals surface area contributed by atoms with Crippen LogP contribution in [0.3, 0.4) is 0 Å². The zero-order valence-corrected chi connectivity index (χ0v) is 11.7. The zero-order chi connectivity index (χ0) is 14.2. The van der Waals surface area contributed by atoms with Crippen LogP contribution in [0.25, 0.3) is 5.69 Å². The van der Waals surface area contributed by atoms with Crippen molar-refractivity contribution in [3.8, 4) is 17.2 Å². The molecule has 0 aliphatic carbocycles. The van der Waals surface area contributed by atoms with Gasteiger partial charge in [0.15, 0.2) is 11.5 Å². The Bertz CT molecular complexity index is 616. The van der Waals surface area contributed by atoms with E-state index in [1.165, 1.54) is 0 Å². The second-order valence-electron chi connectivity index (χ2n) is 5.45. The summed E-state index contributed by atoms with van der Waals surface area (Å²) in [6.07, 6.45) is 2.72. The van der Waals surface area contributed by atoms with Crippen LogP contribution in [-0.2, 0) is 5.54 Å². The van der Waals surface area contributed by atoms with E-state index in [0.29, 0.717) is 13.2 Å². The summed E-state index contributed by atoms with van der Waals surface area (Å²) in [5.41, 5.74) is 7.12. The van der Waals surface area contributed by atoms with Gasteiger partial charge in [-0.25, -0.2) is 4.68 Å². The van der Waals surface area contributed by atoms with Gasteiger partial charge in [0.1, 0.15) is 5.69 Å². The predicted molar refractivity (Wildman–Crippen MR) is 74.2 cm³/mol. The zero-order valence-electron chi connectivity index (χ0n) is 11.7. The van der Waals surface area contributed by atoms with Crippen molar-refractivity contribution in [3.63, 3.8) is 0 Å². The van der Waals surface area contributed by atoms with Crippen molar-refractivity contribution in [2.24, 2.45) is 5.73 Å². The first-order valence-corrected chi connectivity index (χ1v) is 6.66. The first-order chi connectivity index (χ1) is 9.54. The second-order valence-corrected chi connectivity index (χ2v) is 5.45. The molecular weight excluding hydrogens is 256 g/mol. The lowest BCUT2D eigenvalue weighted by Crippen LogP contribution is -2.29. The number of hydrogen-bond donors (Lipinski definition) is 1. The minimum Gasteiger partial charge on any atom is -0.490 e. The molecule has 1 aromatic heterocycles. The quantitative estimate of drug-likeness (QED) is 0.900. The fraction of sp³-hybridized carbons (Fsp3) is 0.429. The second kappa shape index (κ2) is 4.79. The molecular formula is C14H18N4O2. The van der Waals surface area contributed by atoms with Gasteiger partial charge in [-0.1, -0.05) is 5.21 Å². The van der Waals surface area contributed by atoms with Crippen molar-refractivity contribution in [1.29, 1.82) is 0 Å². The van der Waals surface area contributed by atoms with Crippen LogP contribution in [0.4, 0.5) is 0 Å². The molecule has 6 heteroatoms. The summed E-state index contributed by atoms with van der Waals surface area (Å²) in [6.45, 7) is 5.14. The van der Waals surface area contributed by atoms with Gasteiger partial charge in [0, 0.05) is 12.5 Å². The van der Waals surface area contributed by atoms with E-state index in [2.05, 4.69) is 10.3 Å². The summed E-state index contributed by atoms with van der Waals surface area (Å²) in [5.74, 6) is 1.51. The third-order valence-corrected chi connectivity index (χ3v) is 3.15. The maximum absolute atomic E-state index is 6.02. The highest BCUT2D eigenvalue weighted by Gasteiger charge is 2.19. The van der Waals surface area contributed by atoms with Gasteiger partial charge in [-0.15, -0.1) is 5.10 Å². The molecule has 1 aliphatic heterocycles. The molecule has 6 nitrogen and oxygen atoms in total. The number of fused-ring (bicyclic) bond motifs is 1. The van der Waals surface area contributed by atoms with Crippen molar-refractivity contribution in [3.05, 3.63) is 30.1 Å². The number of nitrogens with two attached hydrogens (primary N) is 1. The molecule has 0 fully saturated rings. The van der Waals surface area contributed by atoms with Crippen molar-refractivity contribution in [1.82, 2.24) is 15.0 Å². The molecule has 0 amide bonds. The van der Waals surface area contributed by atoms with Crippen LogP contribution in [0.15, 0.2) is 24.4 Å². The Kier molecular flexibility index (Phi) is 3.10. The number of nitrogens with zero attached hydrogens (tertiary/aromatic N) is 3. The Morgan fingerprint density at radius 3 is 2.65 bits per heavy atom. The SMILES string of the molecule is CC(C)(N)c1cn(-c2ccc3c(c2)OCCCO3)nn1. The van der Waals surface area contributed by atoms with E-state index in [4.69, 9.17) is 15.2 Å². The lowest BCUT2D eigenvalue weighted by molar-refractivity contribution is 0.297. The lowest BCUT2D eigenvalue weighted by Gasteiger charge is -2.13. The molecule has 2 aromatic rings. The minimum absolute atomic E-state index is 0.510. The summed E-state index contributed by atoms with van der Waals surface area (Å²) < 4.78 is 13.0. The Balaban J connectivity index is 1.94. The van der Waals surface area contributed by atoms with Crippen LogP contribution in [0, 0.1) is 0 Å². The monoisotopic (exact) mass is 274 g/mol. The highest BCUT2D eigenvalue weighted by Crippen LogP contribution is 2.31. The molecule has 0 atom stereocenters. The minimum atomic E-state index is -0.510. The molecule has 0 radical (unpaired) electrons. The predicted octanol–water partition coefficient (Wildman–Crippen LogP) is 1.62. The van der Waals surface area contributed by atoms with Gasteiger partial charge < -0.3 is 15.2 Å². The Labute approximate surface area is 117 Å². The van der Waals surface area contributed by atoms with Crippen molar-refractivity contribution >= 4 is 0 Å². The van der Waals surface area contributed by atoms with E-state index in [1.54, 1.807) is 4.68 Å². The number of hydrogen-bond acceptors (Lipinski definition) is 5. The van der Waals surface area contributed by atoms with Gasteiger partial charge in [-0.2, -0.15) is 0 Å². The normalized spacial score (nSPS) is 14.9. The molecule has 1 aromatic carbocycles. The van der Waals surface area contributed by atoms with Crippen molar-refractivity contribution < 1.29 is 9.47 Å². The molecule has 20 heavy (non-hydrogen) atoms. The topological polar surface area (TPSA) is 75.2 Å². The van der Waals surface area contributed by atoms with E-state index in [-0.39, 0.29) is 0 Å². The molecule has 0 bridgehead atoms. The summed E-state index contributed by atoms with van der Waals surface area (Å²) >= 11 is 0. The highest BCUT2D eigenvalue weighted by molar-refractivity contribution is 5.48. The molecule has 0 saturated carbocycles. The van der Waals surface area contributed by atoms with Crippen LogP contribution in [-0.4, -0.2) is 28.2 Å². The van der Waals surface area contributed by atoms with Crippen LogP contribution in [0.2, 0.25) is 0 Å². The van der Waals surface area contributed by atoms with Gasteiger partial charge >= 0.3 is 0 Å². The Morgan fingerprint density at radius 2 is 1.95 bits per heavy atom. The van der Waals surface area contributed by atoms with E-state index in [1.807, 2.05) is 38.2 Å². The first kappa shape index (κ1) is 12.9. The number of benzene rings is 1. The van der Waals surface area contributed by atoms with Gasteiger partial charge in [0.2, 0.25) is 0 Å². The molecule has 3 rings (SSSR count). The van der Waals surface area contributed by atoms with Gasteiger partial charge in [-0.3, -0.25) is 0 Å². The van der Waals surface area contributed by atoms with Crippen LogP contribution in [0.1, 0.15) is 26.0 Å². The Hall–Kier alpha value is -2.08. The van der Waals surface area contributed by atoms with Crippen LogP contribution < -0.4 is 15.2 Å². The molecule has 0 spiro atoms. The lowest BCUT2D eigenvalue weighted by atomic mass is 10.0. The van der Waals surface area contributed by atoms with E-state index < -0.39 is 5.54 Å². The summed E-state index contributed by atoms with van der Waals surface area (Å²) in [6, 6.07) is 5.73. The van der Waals surface area contributed by atoms with Crippen molar-refractivity contribution in [2.45, 2.75) is 25.8 Å². The number of rotatable bonds is 2. The Morgan fingerprint density at radius 1 is 1.20 bits per heavy atom. The molecule has 0 saturated heterocycles. The fourth-order valence-corrected chi connectivity index (χ4v) is 1.98. The summed E-state index contributed by atoms with van der Waals surface area (Å²) in [4.78, 5) is 0. The van der Waals surface area contributed by atoms with Crippen LogP contribution in [0.5, 0.6) is 11.5 Å². The fourth-order valence-electron chi connectivity index (χ4n) is 1.98. The molecule has 106 valence electrons. The standard InChI is InChI=1S/C14H18N4O2/c1-14(2,15)13-9-18(17-16-13)10-4-5-11-12(8-10)20-7-3-6-19-11/h4-5,8-9H,3,6-7,15H2,1-2H3. The van der Waals surface area contributed by atoms with Gasteiger partial charge in [0.25, 0.3) is 0 Å². The molecule has 2 N–H and O–H groups in total. The van der Waals surface area contributed by atoms with E-state index >= 15 is 0 Å². The summed E-state index contributed by atoms with van der Waals surface area (Å²) in [5, 5.41) is 8.23. The third kappa shape index (κ3) is 2.46. The molecule has 2 heterocycles. The van der Waals surface area contributed by atoms with Gasteiger partial charge in [-0.05, 0) is 26.0 Å². The average Bonchev–Trinajstić information content (AvgIpc) is 2.78. The average molecular weight is 274 g/mol. The summed E-state index contributed by atoms with van der Waals surface area (Å²) in [7, 11) is 0. The van der Waals surface area contributed by atoms with E-state index in [0.717, 1.165) is 29.3 Å². The van der Waals surface area contributed by atoms with Crippen molar-refractivity contribution in [2.75, 3.05) is 13.2 Å². The third-order valence-electron chi connectivity index (χ3n) is 3.15. The maximum atomic E-state index is 6.02. The number of ether oxygens (including phenoxy) is 2. The molecule has 1 aliphatic rings. The van der Waals surface area contributed by atoms with Gasteiger partial charge in [0.05, 0.1) is 30.6 Å².